The Kier molecular flexibility index (Phi) is 5.03. The minimum Gasteiger partial charge on any atom is -0.497 e. The van der Waals surface area contributed by atoms with E-state index in [1.165, 1.54) is 36.1 Å². The number of aromatic amines is 1. The van der Waals surface area contributed by atoms with Crippen LogP contribution in [0.3, 0.4) is 0 Å². The summed E-state index contributed by atoms with van der Waals surface area (Å²) in [6.45, 7) is 0.180. The summed E-state index contributed by atoms with van der Waals surface area (Å²) in [6.07, 6.45) is 9.35. The monoisotopic (exact) mass is 366 g/mol. The van der Waals surface area contributed by atoms with Gasteiger partial charge in [0.05, 0.1) is 18.4 Å². The Hall–Kier alpha value is -2.53. The molecule has 2 heterocycles. The number of amides is 1. The second-order valence-corrected chi connectivity index (χ2v) is 7.29. The van der Waals surface area contributed by atoms with Crippen LogP contribution in [0.1, 0.15) is 53.8 Å². The van der Waals surface area contributed by atoms with E-state index in [2.05, 4.69) is 10.3 Å². The lowest BCUT2D eigenvalue weighted by Crippen LogP contribution is -2.04. The first-order chi connectivity index (χ1) is 13.2. The van der Waals surface area contributed by atoms with Gasteiger partial charge in [-0.2, -0.15) is 0 Å². The molecule has 0 fully saturated rings. The number of aryl methyl sites for hydroxylation is 1. The van der Waals surface area contributed by atoms with Crippen LogP contribution in [-0.4, -0.2) is 29.7 Å². The first-order valence-corrected chi connectivity index (χ1v) is 9.76. The van der Waals surface area contributed by atoms with Crippen molar-refractivity contribution in [2.24, 2.45) is 0 Å². The maximum atomic E-state index is 12.6. The van der Waals surface area contributed by atoms with Crippen LogP contribution >= 0.6 is 0 Å². The second-order valence-electron chi connectivity index (χ2n) is 7.29. The van der Waals surface area contributed by atoms with Gasteiger partial charge in [-0.25, -0.2) is 0 Å². The fourth-order valence-corrected chi connectivity index (χ4v) is 4.21. The van der Waals surface area contributed by atoms with Crippen LogP contribution in [0.15, 0.2) is 18.2 Å². The van der Waals surface area contributed by atoms with Gasteiger partial charge in [0.15, 0.2) is 0 Å². The standard InChI is InChI=1S/C22H26N2O3/c1-27-14-9-10-17-18(22(26)24-20(17)12-14)13-21-16(7-5-11-25)15-6-3-2-4-8-19(15)23-21/h9-10,12-13,23,25H,2-8,11H2,1H3,(H,24,26)/b18-13-. The lowest BCUT2D eigenvalue weighted by atomic mass is 9.98. The number of nitrogens with one attached hydrogen (secondary N) is 2. The highest BCUT2D eigenvalue weighted by atomic mass is 16.5. The predicted octanol–water partition coefficient (Wildman–Crippen LogP) is 3.71. The third-order valence-corrected chi connectivity index (χ3v) is 5.58. The summed E-state index contributed by atoms with van der Waals surface area (Å²) in [5.74, 6) is 0.640. The van der Waals surface area contributed by atoms with Crippen LogP contribution in [0.25, 0.3) is 11.6 Å². The number of aliphatic hydroxyl groups excluding tert-OH is 1. The van der Waals surface area contributed by atoms with Crippen molar-refractivity contribution in [3.8, 4) is 5.75 Å². The SMILES string of the molecule is COc1ccc2c(c1)NC(=O)/C2=C\c1[nH]c2c(c1CCCO)CCCCC2. The molecule has 5 heteroatoms. The number of benzene rings is 1. The maximum Gasteiger partial charge on any atom is 0.256 e. The van der Waals surface area contributed by atoms with Gasteiger partial charge in [-0.3, -0.25) is 4.79 Å². The van der Waals surface area contributed by atoms with Crippen LogP contribution < -0.4 is 10.1 Å². The van der Waals surface area contributed by atoms with Crippen molar-refractivity contribution in [2.45, 2.75) is 44.9 Å². The van der Waals surface area contributed by atoms with Gasteiger partial charge in [-0.15, -0.1) is 0 Å². The highest BCUT2D eigenvalue weighted by Crippen LogP contribution is 2.37. The molecule has 1 aliphatic carbocycles. The normalized spacial score (nSPS) is 17.4. The van der Waals surface area contributed by atoms with E-state index in [-0.39, 0.29) is 12.5 Å². The number of aromatic nitrogens is 1. The van der Waals surface area contributed by atoms with Gasteiger partial charge in [0, 0.05) is 29.6 Å². The number of carbonyl (C=O) groups is 1. The first-order valence-electron chi connectivity index (χ1n) is 9.76. The summed E-state index contributed by atoms with van der Waals surface area (Å²) in [5, 5.41) is 12.3. The summed E-state index contributed by atoms with van der Waals surface area (Å²) in [7, 11) is 1.62. The fraction of sp³-hybridized carbons (Fsp3) is 0.409. The van der Waals surface area contributed by atoms with E-state index < -0.39 is 0 Å². The second kappa shape index (κ2) is 7.61. The molecule has 0 spiro atoms. The predicted molar refractivity (Wildman–Crippen MR) is 107 cm³/mol. The number of hydrogen-bond donors (Lipinski definition) is 3. The molecular weight excluding hydrogens is 340 g/mol. The molecule has 0 bridgehead atoms. The highest BCUT2D eigenvalue weighted by molar-refractivity contribution is 6.35. The largest absolute Gasteiger partial charge is 0.497 e. The number of H-pyrrole nitrogens is 1. The molecule has 0 atom stereocenters. The number of ether oxygens (including phenoxy) is 1. The number of aliphatic hydroxyl groups is 1. The minimum absolute atomic E-state index is 0.0869. The van der Waals surface area contributed by atoms with Crippen molar-refractivity contribution in [1.82, 2.24) is 4.98 Å². The number of hydrogen-bond acceptors (Lipinski definition) is 3. The Morgan fingerprint density at radius 3 is 2.89 bits per heavy atom. The lowest BCUT2D eigenvalue weighted by molar-refractivity contribution is -0.110. The molecular formula is C22H26N2O3. The highest BCUT2D eigenvalue weighted by Gasteiger charge is 2.26. The van der Waals surface area contributed by atoms with E-state index in [0.29, 0.717) is 5.57 Å². The molecule has 0 saturated heterocycles. The molecule has 0 unspecified atom stereocenters. The molecule has 0 radical (unpaired) electrons. The van der Waals surface area contributed by atoms with Gasteiger partial charge in [0.25, 0.3) is 5.91 Å². The number of carbonyl (C=O) groups excluding carboxylic acids is 1. The molecule has 3 N–H and O–H groups in total. The molecule has 2 aliphatic rings. The number of anilines is 1. The Labute approximate surface area is 159 Å². The van der Waals surface area contributed by atoms with Crippen molar-refractivity contribution in [1.29, 1.82) is 0 Å². The Balaban J connectivity index is 1.77. The molecule has 5 nitrogen and oxygen atoms in total. The van der Waals surface area contributed by atoms with Crippen LogP contribution in [0.5, 0.6) is 5.75 Å². The first kappa shape index (κ1) is 17.9. The molecule has 2 aromatic rings. The van der Waals surface area contributed by atoms with E-state index >= 15 is 0 Å². The van der Waals surface area contributed by atoms with Crippen LogP contribution in [0.4, 0.5) is 5.69 Å². The topological polar surface area (TPSA) is 74.3 Å². The number of rotatable bonds is 5. The molecule has 142 valence electrons. The maximum absolute atomic E-state index is 12.6. The zero-order chi connectivity index (χ0) is 18.8. The third kappa shape index (κ3) is 3.39. The molecule has 27 heavy (non-hydrogen) atoms. The number of fused-ring (bicyclic) bond motifs is 2. The number of methoxy groups -OCH3 is 1. The Morgan fingerprint density at radius 2 is 2.07 bits per heavy atom. The van der Waals surface area contributed by atoms with E-state index in [1.54, 1.807) is 7.11 Å². The zero-order valence-electron chi connectivity index (χ0n) is 15.7. The molecule has 1 amide bonds. The van der Waals surface area contributed by atoms with Crippen molar-refractivity contribution < 1.29 is 14.6 Å². The van der Waals surface area contributed by atoms with Gasteiger partial charge in [-0.1, -0.05) is 6.42 Å². The average Bonchev–Trinajstić information content (AvgIpc) is 3.05. The average molecular weight is 366 g/mol. The quantitative estimate of drug-likeness (QED) is 0.558. The molecule has 0 saturated carbocycles. The smallest absolute Gasteiger partial charge is 0.256 e. The fourth-order valence-electron chi connectivity index (χ4n) is 4.21. The summed E-state index contributed by atoms with van der Waals surface area (Å²) >= 11 is 0. The molecule has 1 aliphatic heterocycles. The summed E-state index contributed by atoms with van der Waals surface area (Å²) in [5.41, 5.74) is 7.36. The molecule has 1 aromatic heterocycles. The van der Waals surface area contributed by atoms with Crippen LogP contribution in [0.2, 0.25) is 0 Å². The van der Waals surface area contributed by atoms with Crippen LogP contribution in [-0.2, 0) is 24.1 Å². The van der Waals surface area contributed by atoms with Crippen molar-refractivity contribution in [2.75, 3.05) is 19.0 Å². The Bertz CT molecular complexity index is 895. The van der Waals surface area contributed by atoms with E-state index in [0.717, 1.165) is 48.4 Å². The van der Waals surface area contributed by atoms with Crippen molar-refractivity contribution in [3.05, 3.63) is 46.3 Å². The van der Waals surface area contributed by atoms with Crippen molar-refractivity contribution >= 4 is 23.2 Å². The molecule has 4 rings (SSSR count). The lowest BCUT2D eigenvalue weighted by Gasteiger charge is -2.06. The van der Waals surface area contributed by atoms with Gasteiger partial charge >= 0.3 is 0 Å². The van der Waals surface area contributed by atoms with Gasteiger partial charge in [-0.05, 0) is 67.9 Å². The van der Waals surface area contributed by atoms with Crippen LogP contribution in [0, 0.1) is 0 Å². The van der Waals surface area contributed by atoms with Gasteiger partial charge in [0.2, 0.25) is 0 Å². The zero-order valence-corrected chi connectivity index (χ0v) is 15.7. The summed E-state index contributed by atoms with van der Waals surface area (Å²) in [4.78, 5) is 16.2. The van der Waals surface area contributed by atoms with Gasteiger partial charge < -0.3 is 20.1 Å². The third-order valence-electron chi connectivity index (χ3n) is 5.58. The van der Waals surface area contributed by atoms with E-state index in [4.69, 9.17) is 4.74 Å². The Morgan fingerprint density at radius 1 is 1.22 bits per heavy atom. The minimum atomic E-state index is -0.0869. The van der Waals surface area contributed by atoms with E-state index in [9.17, 15) is 9.90 Å². The van der Waals surface area contributed by atoms with E-state index in [1.807, 2.05) is 24.3 Å². The summed E-state index contributed by atoms with van der Waals surface area (Å²) < 4.78 is 5.26. The van der Waals surface area contributed by atoms with Crippen molar-refractivity contribution in [3.63, 3.8) is 0 Å². The molecule has 1 aromatic carbocycles. The van der Waals surface area contributed by atoms with Gasteiger partial charge in [0.1, 0.15) is 5.75 Å². The summed E-state index contributed by atoms with van der Waals surface area (Å²) in [6, 6.07) is 5.66.